The average molecular weight is 498 g/mol. The number of rotatable bonds is 8. The first-order chi connectivity index (χ1) is 15.4. The summed E-state index contributed by atoms with van der Waals surface area (Å²) >= 11 is 3.30. The number of amides is 1. The molecule has 0 aliphatic rings. The van der Waals surface area contributed by atoms with Crippen molar-refractivity contribution in [3.63, 3.8) is 0 Å². The van der Waals surface area contributed by atoms with Crippen LogP contribution in [-0.4, -0.2) is 29.6 Å². The lowest BCUT2D eigenvalue weighted by Gasteiger charge is -2.06. The van der Waals surface area contributed by atoms with Gasteiger partial charge in [0.1, 0.15) is 5.75 Å². The SMILES string of the molecule is O=C(COc1ccccc1[N+](=O)[O-])N/N=C\c1ccc(OC(=O)c2ccccc2Br)cc1. The van der Waals surface area contributed by atoms with E-state index in [-0.39, 0.29) is 11.4 Å². The van der Waals surface area contributed by atoms with E-state index in [0.29, 0.717) is 21.3 Å². The van der Waals surface area contributed by atoms with Gasteiger partial charge in [0.15, 0.2) is 12.4 Å². The lowest BCUT2D eigenvalue weighted by Crippen LogP contribution is -2.24. The van der Waals surface area contributed by atoms with E-state index >= 15 is 0 Å². The molecule has 0 aliphatic carbocycles. The van der Waals surface area contributed by atoms with Crippen LogP contribution in [0.15, 0.2) is 82.4 Å². The minimum atomic E-state index is -0.592. The van der Waals surface area contributed by atoms with Crippen molar-refractivity contribution in [2.75, 3.05) is 6.61 Å². The molecular weight excluding hydrogens is 482 g/mol. The standard InChI is InChI=1S/C22H16BrN3O6/c23-18-6-2-1-5-17(18)22(28)32-16-11-9-15(10-12-16)13-24-25-21(27)14-31-20-8-4-3-7-19(20)26(29)30/h1-13H,14H2,(H,25,27)/b24-13-. The molecule has 0 spiro atoms. The lowest BCUT2D eigenvalue weighted by atomic mass is 10.2. The number of benzene rings is 3. The van der Waals surface area contributed by atoms with Crippen LogP contribution in [0.2, 0.25) is 0 Å². The summed E-state index contributed by atoms with van der Waals surface area (Å²) in [6, 6.07) is 19.2. The zero-order chi connectivity index (χ0) is 22.9. The number of hydrogen-bond donors (Lipinski definition) is 1. The predicted molar refractivity (Wildman–Crippen MR) is 120 cm³/mol. The first-order valence-electron chi connectivity index (χ1n) is 9.19. The van der Waals surface area contributed by atoms with Gasteiger partial charge in [-0.15, -0.1) is 0 Å². The number of hydrogen-bond acceptors (Lipinski definition) is 7. The molecular formula is C22H16BrN3O6. The number of hydrazone groups is 1. The van der Waals surface area contributed by atoms with E-state index in [4.69, 9.17) is 9.47 Å². The van der Waals surface area contributed by atoms with Gasteiger partial charge in [-0.3, -0.25) is 14.9 Å². The molecule has 0 aliphatic heterocycles. The molecule has 0 heterocycles. The molecule has 1 amide bonds. The molecule has 3 aromatic carbocycles. The van der Waals surface area contributed by atoms with Crippen molar-refractivity contribution in [1.29, 1.82) is 0 Å². The van der Waals surface area contributed by atoms with E-state index in [1.807, 2.05) is 0 Å². The zero-order valence-electron chi connectivity index (χ0n) is 16.4. The summed E-state index contributed by atoms with van der Waals surface area (Å²) in [5.74, 6) is -0.739. The fourth-order valence-corrected chi connectivity index (χ4v) is 2.94. The van der Waals surface area contributed by atoms with Crippen LogP contribution < -0.4 is 14.9 Å². The van der Waals surface area contributed by atoms with Gasteiger partial charge in [-0.1, -0.05) is 24.3 Å². The molecule has 10 heteroatoms. The molecule has 0 fully saturated rings. The lowest BCUT2D eigenvalue weighted by molar-refractivity contribution is -0.385. The van der Waals surface area contributed by atoms with Crippen molar-refractivity contribution in [2.24, 2.45) is 5.10 Å². The molecule has 3 rings (SSSR count). The molecule has 0 aromatic heterocycles. The van der Waals surface area contributed by atoms with Crippen LogP contribution in [0, 0.1) is 10.1 Å². The Labute approximate surface area is 190 Å². The van der Waals surface area contributed by atoms with Crippen LogP contribution in [-0.2, 0) is 4.79 Å². The van der Waals surface area contributed by atoms with Gasteiger partial charge in [-0.05, 0) is 64.0 Å². The number of nitro groups is 1. The Hall–Kier alpha value is -4.05. The zero-order valence-corrected chi connectivity index (χ0v) is 18.0. The van der Waals surface area contributed by atoms with Gasteiger partial charge in [0.25, 0.3) is 5.91 Å². The molecule has 0 unspecified atom stereocenters. The van der Waals surface area contributed by atoms with E-state index in [0.717, 1.165) is 0 Å². The number of ether oxygens (including phenoxy) is 2. The summed E-state index contributed by atoms with van der Waals surface area (Å²) in [5, 5.41) is 14.7. The van der Waals surface area contributed by atoms with Gasteiger partial charge in [0.2, 0.25) is 0 Å². The molecule has 162 valence electrons. The van der Waals surface area contributed by atoms with Crippen LogP contribution in [0.3, 0.4) is 0 Å². The summed E-state index contributed by atoms with van der Waals surface area (Å²) in [6.45, 7) is -0.438. The highest BCUT2D eigenvalue weighted by Gasteiger charge is 2.15. The normalized spacial score (nSPS) is 10.5. The molecule has 32 heavy (non-hydrogen) atoms. The van der Waals surface area contributed by atoms with Gasteiger partial charge in [-0.25, -0.2) is 10.2 Å². The van der Waals surface area contributed by atoms with E-state index < -0.39 is 23.4 Å². The van der Waals surface area contributed by atoms with Crippen molar-refractivity contribution in [2.45, 2.75) is 0 Å². The van der Waals surface area contributed by atoms with E-state index in [1.54, 1.807) is 54.6 Å². The van der Waals surface area contributed by atoms with E-state index in [2.05, 4.69) is 26.5 Å². The van der Waals surface area contributed by atoms with Crippen LogP contribution in [0.25, 0.3) is 0 Å². The fourth-order valence-electron chi connectivity index (χ4n) is 2.50. The minimum Gasteiger partial charge on any atom is -0.477 e. The summed E-state index contributed by atoms with van der Waals surface area (Å²) in [6.07, 6.45) is 1.39. The maximum atomic E-state index is 12.2. The molecule has 0 bridgehead atoms. The molecule has 1 N–H and O–H groups in total. The summed E-state index contributed by atoms with van der Waals surface area (Å²) in [7, 11) is 0. The Morgan fingerprint density at radius 1 is 1.03 bits per heavy atom. The van der Waals surface area contributed by atoms with Gasteiger partial charge < -0.3 is 9.47 Å². The second-order valence-electron chi connectivity index (χ2n) is 6.25. The Morgan fingerprint density at radius 3 is 2.44 bits per heavy atom. The third-order valence-corrected chi connectivity index (χ3v) is 4.70. The number of nitrogens with zero attached hydrogens (tertiary/aromatic N) is 2. The first kappa shape index (κ1) is 22.6. The van der Waals surface area contributed by atoms with Crippen LogP contribution >= 0.6 is 15.9 Å². The summed E-state index contributed by atoms with van der Waals surface area (Å²) < 4.78 is 11.1. The first-order valence-corrected chi connectivity index (χ1v) is 9.98. The second-order valence-corrected chi connectivity index (χ2v) is 7.10. The number of halogens is 1. The van der Waals surface area contributed by atoms with Gasteiger partial charge >= 0.3 is 11.7 Å². The van der Waals surface area contributed by atoms with Crippen molar-refractivity contribution < 1.29 is 24.0 Å². The Bertz CT molecular complexity index is 1160. The number of esters is 1. The molecule has 3 aromatic rings. The number of para-hydroxylation sites is 2. The second kappa shape index (κ2) is 10.8. The van der Waals surface area contributed by atoms with Crippen LogP contribution in [0.1, 0.15) is 15.9 Å². The van der Waals surface area contributed by atoms with Crippen molar-refractivity contribution in [1.82, 2.24) is 5.43 Å². The van der Waals surface area contributed by atoms with Gasteiger partial charge in [-0.2, -0.15) is 5.10 Å². The van der Waals surface area contributed by atoms with Crippen molar-refractivity contribution in [3.05, 3.63) is 98.5 Å². The Morgan fingerprint density at radius 2 is 1.72 bits per heavy atom. The van der Waals surface area contributed by atoms with Crippen molar-refractivity contribution in [3.8, 4) is 11.5 Å². The largest absolute Gasteiger partial charge is 0.477 e. The summed E-state index contributed by atoms with van der Waals surface area (Å²) in [5.41, 5.74) is 3.09. The van der Waals surface area contributed by atoms with E-state index in [9.17, 15) is 19.7 Å². The van der Waals surface area contributed by atoms with Gasteiger partial charge in [0, 0.05) is 10.5 Å². The molecule has 0 radical (unpaired) electrons. The highest BCUT2D eigenvalue weighted by atomic mass is 79.9. The Kier molecular flexibility index (Phi) is 7.65. The highest BCUT2D eigenvalue weighted by molar-refractivity contribution is 9.10. The maximum absolute atomic E-state index is 12.2. The topological polar surface area (TPSA) is 120 Å². The maximum Gasteiger partial charge on any atom is 0.344 e. The fraction of sp³-hybridized carbons (Fsp3) is 0.0455. The third kappa shape index (κ3) is 6.22. The highest BCUT2D eigenvalue weighted by Crippen LogP contribution is 2.25. The molecule has 0 saturated carbocycles. The summed E-state index contributed by atoms with van der Waals surface area (Å²) in [4.78, 5) is 34.4. The number of carbonyl (C=O) groups is 2. The molecule has 9 nitrogen and oxygen atoms in total. The van der Waals surface area contributed by atoms with Gasteiger partial charge in [0.05, 0.1) is 16.7 Å². The third-order valence-electron chi connectivity index (χ3n) is 4.01. The Balaban J connectivity index is 1.49. The number of nitro benzene ring substituents is 1. The molecule has 0 atom stereocenters. The van der Waals surface area contributed by atoms with E-state index in [1.165, 1.54) is 24.4 Å². The smallest absolute Gasteiger partial charge is 0.344 e. The number of carbonyl (C=O) groups excluding carboxylic acids is 2. The van der Waals surface area contributed by atoms with Crippen LogP contribution in [0.4, 0.5) is 5.69 Å². The molecule has 0 saturated heterocycles. The van der Waals surface area contributed by atoms with Crippen LogP contribution in [0.5, 0.6) is 11.5 Å². The van der Waals surface area contributed by atoms with Crippen molar-refractivity contribution >= 4 is 39.7 Å². The quantitative estimate of drug-likeness (QED) is 0.164. The average Bonchev–Trinajstić information content (AvgIpc) is 2.79. The predicted octanol–water partition coefficient (Wildman–Crippen LogP) is 4.11. The minimum absolute atomic E-state index is 0.00991. The monoisotopic (exact) mass is 497 g/mol. The number of nitrogens with one attached hydrogen (secondary N) is 1.